The van der Waals surface area contributed by atoms with Crippen molar-refractivity contribution in [1.29, 1.82) is 0 Å². The lowest BCUT2D eigenvalue weighted by atomic mass is 10.1. The van der Waals surface area contributed by atoms with E-state index in [2.05, 4.69) is 9.88 Å². The van der Waals surface area contributed by atoms with Crippen molar-refractivity contribution in [1.82, 2.24) is 4.98 Å². The smallest absolute Gasteiger partial charge is 0.308 e. The van der Waals surface area contributed by atoms with Gasteiger partial charge in [0.05, 0.1) is 5.92 Å². The highest BCUT2D eigenvalue weighted by Gasteiger charge is 2.27. The van der Waals surface area contributed by atoms with Crippen LogP contribution < -0.4 is 4.90 Å². The minimum atomic E-state index is -0.691. The fraction of sp³-hybridized carbons (Fsp3) is 0.455. The second-order valence-corrected chi connectivity index (χ2v) is 3.93. The number of pyridine rings is 1. The first kappa shape index (κ1) is 9.96. The van der Waals surface area contributed by atoms with Crippen LogP contribution in [-0.2, 0) is 4.79 Å². The highest BCUT2D eigenvalue weighted by Crippen LogP contribution is 2.23. The average molecular weight is 206 g/mol. The number of carboxylic acids is 1. The van der Waals surface area contributed by atoms with Crippen molar-refractivity contribution in [2.24, 2.45) is 5.92 Å². The topological polar surface area (TPSA) is 53.4 Å². The van der Waals surface area contributed by atoms with E-state index in [1.807, 2.05) is 19.1 Å². The van der Waals surface area contributed by atoms with E-state index in [0.717, 1.165) is 24.3 Å². The summed E-state index contributed by atoms with van der Waals surface area (Å²) in [7, 11) is 0. The Morgan fingerprint density at radius 2 is 2.47 bits per heavy atom. The Balaban J connectivity index is 2.11. The van der Waals surface area contributed by atoms with Crippen LogP contribution >= 0.6 is 0 Å². The molecule has 2 rings (SSSR count). The Morgan fingerprint density at radius 3 is 3.07 bits per heavy atom. The molecular formula is C11H14N2O2. The van der Waals surface area contributed by atoms with Gasteiger partial charge >= 0.3 is 5.97 Å². The standard InChI is InChI=1S/C11H14N2O2/c1-8-6-10(2-4-12-8)13-5-3-9(7-13)11(14)15/h2,4,6,9H,3,5,7H2,1H3,(H,14,15). The molecule has 0 amide bonds. The summed E-state index contributed by atoms with van der Waals surface area (Å²) in [5.74, 6) is -0.915. The number of hydrogen-bond donors (Lipinski definition) is 1. The van der Waals surface area contributed by atoms with Crippen molar-refractivity contribution in [3.05, 3.63) is 24.0 Å². The third kappa shape index (κ3) is 2.09. The molecule has 1 aromatic rings. The van der Waals surface area contributed by atoms with Gasteiger partial charge in [-0.15, -0.1) is 0 Å². The molecular weight excluding hydrogens is 192 g/mol. The molecule has 0 spiro atoms. The van der Waals surface area contributed by atoms with E-state index < -0.39 is 5.97 Å². The Kier molecular flexibility index (Phi) is 2.58. The predicted octanol–water partition coefficient (Wildman–Crippen LogP) is 1.30. The first-order chi connectivity index (χ1) is 7.16. The third-order valence-electron chi connectivity index (χ3n) is 2.78. The maximum atomic E-state index is 10.8. The van der Waals surface area contributed by atoms with Crippen LogP contribution in [0.5, 0.6) is 0 Å². The van der Waals surface area contributed by atoms with Crippen LogP contribution in [0, 0.1) is 12.8 Å². The van der Waals surface area contributed by atoms with Gasteiger partial charge in [-0.05, 0) is 25.5 Å². The average Bonchev–Trinajstić information content (AvgIpc) is 2.66. The zero-order valence-electron chi connectivity index (χ0n) is 8.68. The summed E-state index contributed by atoms with van der Waals surface area (Å²) in [6.45, 7) is 3.37. The molecule has 0 bridgehead atoms. The van der Waals surface area contributed by atoms with Crippen LogP contribution in [0.25, 0.3) is 0 Å². The molecule has 0 radical (unpaired) electrons. The fourth-order valence-electron chi connectivity index (χ4n) is 1.92. The van der Waals surface area contributed by atoms with Crippen LogP contribution in [0.3, 0.4) is 0 Å². The highest BCUT2D eigenvalue weighted by molar-refractivity contribution is 5.72. The number of aryl methyl sites for hydroxylation is 1. The third-order valence-corrected chi connectivity index (χ3v) is 2.78. The second kappa shape index (κ2) is 3.88. The van der Waals surface area contributed by atoms with Crippen molar-refractivity contribution in [3.8, 4) is 0 Å². The summed E-state index contributed by atoms with van der Waals surface area (Å²) < 4.78 is 0. The Bertz CT molecular complexity index is 379. The van der Waals surface area contributed by atoms with Gasteiger partial charge in [0.1, 0.15) is 0 Å². The molecule has 0 aromatic carbocycles. The number of nitrogens with zero attached hydrogens (tertiary/aromatic N) is 2. The Hall–Kier alpha value is -1.58. The molecule has 4 heteroatoms. The molecule has 1 fully saturated rings. The minimum absolute atomic E-state index is 0.224. The molecule has 1 aliphatic rings. The van der Waals surface area contributed by atoms with Gasteiger partial charge in [0.2, 0.25) is 0 Å². The fourth-order valence-corrected chi connectivity index (χ4v) is 1.92. The maximum Gasteiger partial charge on any atom is 0.308 e. The molecule has 80 valence electrons. The van der Waals surface area contributed by atoms with E-state index in [9.17, 15) is 4.79 Å². The predicted molar refractivity (Wildman–Crippen MR) is 56.9 cm³/mol. The zero-order valence-corrected chi connectivity index (χ0v) is 8.68. The van der Waals surface area contributed by atoms with E-state index in [0.29, 0.717) is 6.54 Å². The molecule has 1 aliphatic heterocycles. The van der Waals surface area contributed by atoms with Crippen molar-refractivity contribution >= 4 is 11.7 Å². The van der Waals surface area contributed by atoms with Gasteiger partial charge in [0, 0.05) is 30.7 Å². The normalized spacial score (nSPS) is 20.6. The van der Waals surface area contributed by atoms with Gasteiger partial charge < -0.3 is 10.0 Å². The quantitative estimate of drug-likeness (QED) is 0.792. The van der Waals surface area contributed by atoms with Crippen molar-refractivity contribution in [2.45, 2.75) is 13.3 Å². The summed E-state index contributed by atoms with van der Waals surface area (Å²) in [6, 6.07) is 3.92. The van der Waals surface area contributed by atoms with Crippen LogP contribution in [-0.4, -0.2) is 29.1 Å². The summed E-state index contributed by atoms with van der Waals surface area (Å²) in [6.07, 6.45) is 2.50. The van der Waals surface area contributed by atoms with Gasteiger partial charge in [0.25, 0.3) is 0 Å². The first-order valence-electron chi connectivity index (χ1n) is 5.07. The number of aliphatic carboxylic acids is 1. The largest absolute Gasteiger partial charge is 0.481 e. The molecule has 1 N–H and O–H groups in total. The van der Waals surface area contributed by atoms with E-state index in [-0.39, 0.29) is 5.92 Å². The molecule has 0 aliphatic carbocycles. The number of hydrogen-bond acceptors (Lipinski definition) is 3. The van der Waals surface area contributed by atoms with Crippen molar-refractivity contribution in [2.75, 3.05) is 18.0 Å². The monoisotopic (exact) mass is 206 g/mol. The van der Waals surface area contributed by atoms with Gasteiger partial charge in [-0.2, -0.15) is 0 Å². The van der Waals surface area contributed by atoms with E-state index in [1.54, 1.807) is 6.20 Å². The van der Waals surface area contributed by atoms with Crippen LogP contribution in [0.1, 0.15) is 12.1 Å². The molecule has 0 saturated carbocycles. The number of anilines is 1. The zero-order chi connectivity index (χ0) is 10.8. The van der Waals surface area contributed by atoms with E-state index >= 15 is 0 Å². The lowest BCUT2D eigenvalue weighted by Gasteiger charge is -2.17. The molecule has 2 heterocycles. The van der Waals surface area contributed by atoms with E-state index in [1.165, 1.54) is 0 Å². The highest BCUT2D eigenvalue weighted by atomic mass is 16.4. The summed E-state index contributed by atoms with van der Waals surface area (Å²) in [5, 5.41) is 8.89. The molecule has 1 saturated heterocycles. The Labute approximate surface area is 88.6 Å². The van der Waals surface area contributed by atoms with Crippen LogP contribution in [0.2, 0.25) is 0 Å². The molecule has 1 atom stereocenters. The SMILES string of the molecule is Cc1cc(N2CCC(C(=O)O)C2)ccn1. The van der Waals surface area contributed by atoms with Gasteiger partial charge in [-0.25, -0.2) is 0 Å². The number of aromatic nitrogens is 1. The summed E-state index contributed by atoms with van der Waals surface area (Å²) in [5.41, 5.74) is 2.04. The van der Waals surface area contributed by atoms with Gasteiger partial charge in [-0.1, -0.05) is 0 Å². The molecule has 1 aromatic heterocycles. The lowest BCUT2D eigenvalue weighted by Crippen LogP contribution is -2.22. The lowest BCUT2D eigenvalue weighted by molar-refractivity contribution is -0.140. The van der Waals surface area contributed by atoms with Crippen molar-refractivity contribution in [3.63, 3.8) is 0 Å². The summed E-state index contributed by atoms with van der Waals surface area (Å²) >= 11 is 0. The van der Waals surface area contributed by atoms with Crippen molar-refractivity contribution < 1.29 is 9.90 Å². The number of carbonyl (C=O) groups is 1. The minimum Gasteiger partial charge on any atom is -0.481 e. The van der Waals surface area contributed by atoms with E-state index in [4.69, 9.17) is 5.11 Å². The number of carboxylic acid groups (broad SMARTS) is 1. The second-order valence-electron chi connectivity index (χ2n) is 3.93. The first-order valence-corrected chi connectivity index (χ1v) is 5.07. The maximum absolute atomic E-state index is 10.8. The molecule has 4 nitrogen and oxygen atoms in total. The Morgan fingerprint density at radius 1 is 1.67 bits per heavy atom. The van der Waals surface area contributed by atoms with Gasteiger partial charge in [-0.3, -0.25) is 9.78 Å². The summed E-state index contributed by atoms with van der Waals surface area (Å²) in [4.78, 5) is 17.0. The molecule has 15 heavy (non-hydrogen) atoms. The molecule has 1 unspecified atom stereocenters. The van der Waals surface area contributed by atoms with Gasteiger partial charge in [0.15, 0.2) is 0 Å². The number of rotatable bonds is 2. The van der Waals surface area contributed by atoms with Crippen LogP contribution in [0.4, 0.5) is 5.69 Å². The van der Waals surface area contributed by atoms with Crippen LogP contribution in [0.15, 0.2) is 18.3 Å².